The van der Waals surface area contributed by atoms with E-state index in [9.17, 15) is 4.57 Å². The highest BCUT2D eigenvalue weighted by molar-refractivity contribution is 9.10. The van der Waals surface area contributed by atoms with E-state index < -0.39 is 13.4 Å². The fraction of sp³-hybridized carbons (Fsp3) is 0.200. The third-order valence-corrected chi connectivity index (χ3v) is 5.69. The van der Waals surface area contributed by atoms with Crippen molar-refractivity contribution in [3.05, 3.63) is 64.6 Å². The summed E-state index contributed by atoms with van der Waals surface area (Å²) in [5.41, 5.74) is 1.67. The number of nitrogens with one attached hydrogen (secondary N) is 1. The molecule has 112 valence electrons. The van der Waals surface area contributed by atoms with Gasteiger partial charge in [0.25, 0.3) is 0 Å². The minimum absolute atomic E-state index is 0.581. The lowest BCUT2D eigenvalue weighted by Gasteiger charge is -2.26. The van der Waals surface area contributed by atoms with Gasteiger partial charge in [0.15, 0.2) is 5.78 Å². The van der Waals surface area contributed by atoms with Gasteiger partial charge in [-0.25, -0.2) is 0 Å². The summed E-state index contributed by atoms with van der Waals surface area (Å²) in [6.45, 7) is 0. The van der Waals surface area contributed by atoms with Crippen LogP contribution in [0, 0.1) is 0 Å². The minimum atomic E-state index is -3.32. The fourth-order valence-corrected chi connectivity index (χ4v) is 3.65. The van der Waals surface area contributed by atoms with Crippen LogP contribution in [0.2, 0.25) is 0 Å². The summed E-state index contributed by atoms with van der Waals surface area (Å²) in [5.74, 6) is -0.581. The van der Waals surface area contributed by atoms with E-state index in [0.29, 0.717) is 0 Å². The number of benzene rings is 2. The van der Waals surface area contributed by atoms with Crippen molar-refractivity contribution in [1.82, 2.24) is 0 Å². The third-order valence-electron chi connectivity index (χ3n) is 3.09. The van der Waals surface area contributed by atoms with Crippen LogP contribution in [-0.2, 0) is 13.6 Å². The molecule has 0 heterocycles. The molecule has 0 aliphatic carbocycles. The maximum Gasteiger partial charge on any atom is 0.356 e. The summed E-state index contributed by atoms with van der Waals surface area (Å²) in [4.78, 5) is 0. The van der Waals surface area contributed by atoms with E-state index in [-0.39, 0.29) is 0 Å². The maximum absolute atomic E-state index is 12.8. The molecule has 0 fully saturated rings. The van der Waals surface area contributed by atoms with E-state index in [1.165, 1.54) is 14.2 Å². The molecule has 1 atom stereocenters. The Morgan fingerprint density at radius 3 is 2.10 bits per heavy atom. The first-order valence-corrected chi connectivity index (χ1v) is 8.78. The Morgan fingerprint density at radius 1 is 1.00 bits per heavy atom. The second kappa shape index (κ2) is 7.23. The normalized spacial score (nSPS) is 12.9. The quantitative estimate of drug-likeness (QED) is 0.724. The lowest BCUT2D eigenvalue weighted by Crippen LogP contribution is -2.13. The number of para-hydroxylation sites is 1. The van der Waals surface area contributed by atoms with E-state index in [1.807, 2.05) is 54.6 Å². The second-order valence-electron chi connectivity index (χ2n) is 4.37. The highest BCUT2D eigenvalue weighted by atomic mass is 79.9. The van der Waals surface area contributed by atoms with Crippen LogP contribution in [-0.4, -0.2) is 14.2 Å². The molecule has 0 aliphatic rings. The Balaban J connectivity index is 2.39. The standard InChI is InChI=1S/C15H17BrNO3P/c1-19-21(18,20-2)15(12-8-10-13(16)11-9-12)17-14-6-4-3-5-7-14/h3-11,15,17H,1-2H3. The molecule has 0 saturated heterocycles. The second-order valence-corrected chi connectivity index (χ2v) is 7.61. The Bertz CT molecular complexity index is 611. The molecule has 0 spiro atoms. The average Bonchev–Trinajstić information content (AvgIpc) is 2.54. The van der Waals surface area contributed by atoms with Gasteiger partial charge in [-0.05, 0) is 29.8 Å². The van der Waals surface area contributed by atoms with Crippen LogP contribution < -0.4 is 5.32 Å². The fourth-order valence-electron chi connectivity index (χ4n) is 1.97. The molecule has 0 saturated carbocycles. The molecule has 0 aliphatic heterocycles. The highest BCUT2D eigenvalue weighted by Gasteiger charge is 2.35. The Hall–Kier alpha value is -1.13. The lowest BCUT2D eigenvalue weighted by atomic mass is 10.2. The topological polar surface area (TPSA) is 47.6 Å². The highest BCUT2D eigenvalue weighted by Crippen LogP contribution is 2.59. The van der Waals surface area contributed by atoms with Gasteiger partial charge in [-0.2, -0.15) is 0 Å². The molecule has 1 unspecified atom stereocenters. The zero-order valence-corrected chi connectivity index (χ0v) is 14.3. The van der Waals surface area contributed by atoms with Gasteiger partial charge >= 0.3 is 7.60 Å². The van der Waals surface area contributed by atoms with Crippen LogP contribution in [0.3, 0.4) is 0 Å². The van der Waals surface area contributed by atoms with Crippen molar-refractivity contribution in [2.45, 2.75) is 5.78 Å². The largest absolute Gasteiger partial charge is 0.368 e. The molecule has 0 aromatic heterocycles. The van der Waals surface area contributed by atoms with E-state index >= 15 is 0 Å². The van der Waals surface area contributed by atoms with E-state index in [4.69, 9.17) is 9.05 Å². The van der Waals surface area contributed by atoms with Crippen molar-refractivity contribution in [2.75, 3.05) is 19.5 Å². The molecule has 2 aromatic rings. The third kappa shape index (κ3) is 3.95. The molecule has 0 amide bonds. The van der Waals surface area contributed by atoms with Crippen LogP contribution in [0.5, 0.6) is 0 Å². The predicted octanol–water partition coefficient (Wildman–Crippen LogP) is 5.05. The van der Waals surface area contributed by atoms with E-state index in [1.54, 1.807) is 0 Å². The van der Waals surface area contributed by atoms with Gasteiger partial charge in [0, 0.05) is 24.4 Å². The molecule has 4 nitrogen and oxygen atoms in total. The van der Waals surface area contributed by atoms with Gasteiger partial charge in [0.2, 0.25) is 0 Å². The number of rotatable bonds is 6. The van der Waals surface area contributed by atoms with Crippen molar-refractivity contribution >= 4 is 29.2 Å². The average molecular weight is 370 g/mol. The van der Waals surface area contributed by atoms with Crippen molar-refractivity contribution in [3.8, 4) is 0 Å². The van der Waals surface area contributed by atoms with Crippen LogP contribution in [0.15, 0.2) is 59.1 Å². The summed E-state index contributed by atoms with van der Waals surface area (Å²) in [6, 6.07) is 17.1. The summed E-state index contributed by atoms with van der Waals surface area (Å²) in [6.07, 6.45) is 0. The molecule has 1 N–H and O–H groups in total. The van der Waals surface area contributed by atoms with E-state index in [2.05, 4.69) is 21.2 Å². The van der Waals surface area contributed by atoms with Crippen molar-refractivity contribution in [3.63, 3.8) is 0 Å². The number of hydrogen-bond acceptors (Lipinski definition) is 4. The Labute approximate surface area is 133 Å². The van der Waals surface area contributed by atoms with Gasteiger partial charge in [-0.1, -0.05) is 46.3 Å². The van der Waals surface area contributed by atoms with Crippen molar-refractivity contribution < 1.29 is 13.6 Å². The van der Waals surface area contributed by atoms with Gasteiger partial charge < -0.3 is 14.4 Å². The molecular weight excluding hydrogens is 353 g/mol. The zero-order valence-electron chi connectivity index (χ0n) is 11.8. The smallest absolute Gasteiger partial charge is 0.356 e. The zero-order chi connectivity index (χ0) is 15.3. The van der Waals surface area contributed by atoms with E-state index in [0.717, 1.165) is 15.7 Å². The molecular formula is C15H17BrNO3P. The number of anilines is 1. The Kier molecular flexibility index (Phi) is 5.59. The number of halogens is 1. The van der Waals surface area contributed by atoms with Crippen LogP contribution in [0.1, 0.15) is 11.3 Å². The van der Waals surface area contributed by atoms with Crippen LogP contribution in [0.25, 0.3) is 0 Å². The number of hydrogen-bond donors (Lipinski definition) is 1. The summed E-state index contributed by atoms with van der Waals surface area (Å²) in [7, 11) is -0.537. The van der Waals surface area contributed by atoms with Crippen molar-refractivity contribution in [1.29, 1.82) is 0 Å². The molecule has 21 heavy (non-hydrogen) atoms. The first-order chi connectivity index (χ1) is 10.1. The summed E-state index contributed by atoms with van der Waals surface area (Å²) >= 11 is 3.39. The summed E-state index contributed by atoms with van der Waals surface area (Å²) in [5, 5.41) is 3.23. The monoisotopic (exact) mass is 369 g/mol. The Morgan fingerprint density at radius 2 is 1.57 bits per heavy atom. The minimum Gasteiger partial charge on any atom is -0.368 e. The summed E-state index contributed by atoms with van der Waals surface area (Å²) < 4.78 is 24.1. The van der Waals surface area contributed by atoms with Gasteiger partial charge in [0.1, 0.15) is 0 Å². The van der Waals surface area contributed by atoms with Crippen LogP contribution >= 0.6 is 23.5 Å². The maximum atomic E-state index is 12.8. The van der Waals surface area contributed by atoms with Crippen molar-refractivity contribution in [2.24, 2.45) is 0 Å². The van der Waals surface area contributed by atoms with Gasteiger partial charge in [-0.15, -0.1) is 0 Å². The first-order valence-electron chi connectivity index (χ1n) is 6.37. The SMILES string of the molecule is COP(=O)(OC)C(Nc1ccccc1)c1ccc(Br)cc1. The molecule has 0 bridgehead atoms. The van der Waals surface area contributed by atoms with Crippen LogP contribution in [0.4, 0.5) is 5.69 Å². The lowest BCUT2D eigenvalue weighted by molar-refractivity contribution is 0.268. The predicted molar refractivity (Wildman–Crippen MR) is 88.6 cm³/mol. The first kappa shape index (κ1) is 16.2. The molecule has 6 heteroatoms. The van der Waals surface area contributed by atoms with Gasteiger partial charge in [-0.3, -0.25) is 4.57 Å². The van der Waals surface area contributed by atoms with Gasteiger partial charge in [0.05, 0.1) is 0 Å². The molecule has 0 radical (unpaired) electrons. The molecule has 2 aromatic carbocycles. The molecule has 2 rings (SSSR count).